The monoisotopic (exact) mass is 298 g/mol. The maximum Gasteiger partial charge on any atom is 0.329 e. The van der Waals surface area contributed by atoms with Crippen LogP contribution in [0.2, 0.25) is 0 Å². The lowest BCUT2D eigenvalue weighted by atomic mass is 9.90. The first-order chi connectivity index (χ1) is 10.1. The number of carbonyl (C=O) groups is 2. The third-order valence-electron chi connectivity index (χ3n) is 4.72. The second-order valence-corrected chi connectivity index (χ2v) is 6.01. The Bertz CT molecular complexity index is 374. The van der Waals surface area contributed by atoms with E-state index in [1.165, 1.54) is 6.42 Å². The fourth-order valence-corrected chi connectivity index (χ4v) is 3.35. The maximum atomic E-state index is 12.6. The molecule has 0 radical (unpaired) electrons. The van der Waals surface area contributed by atoms with Gasteiger partial charge in [-0.1, -0.05) is 19.3 Å². The molecule has 0 aromatic heterocycles. The zero-order valence-corrected chi connectivity index (χ0v) is 12.8. The van der Waals surface area contributed by atoms with Crippen molar-refractivity contribution >= 4 is 12.0 Å². The minimum atomic E-state index is -1.17. The number of nitrogens with zero attached hydrogens (tertiary/aromatic N) is 1. The number of nitrogens with one attached hydrogen (secondary N) is 1. The Hall–Kier alpha value is -1.30. The molecule has 1 aliphatic heterocycles. The summed E-state index contributed by atoms with van der Waals surface area (Å²) in [5, 5.41) is 12.3. The Morgan fingerprint density at radius 1 is 1.24 bits per heavy atom. The summed E-state index contributed by atoms with van der Waals surface area (Å²) in [5.74, 6) is -0.959. The van der Waals surface area contributed by atoms with Crippen molar-refractivity contribution < 1.29 is 19.4 Å². The molecule has 120 valence electrons. The van der Waals surface area contributed by atoms with Gasteiger partial charge in [-0.25, -0.2) is 9.59 Å². The molecule has 0 unspecified atom stereocenters. The van der Waals surface area contributed by atoms with Crippen molar-refractivity contribution in [1.82, 2.24) is 10.2 Å². The third kappa shape index (κ3) is 3.67. The number of hydrogen-bond acceptors (Lipinski definition) is 3. The number of carboxylic acids is 1. The molecule has 0 atom stereocenters. The number of amides is 2. The van der Waals surface area contributed by atoms with Crippen molar-refractivity contribution in [1.29, 1.82) is 0 Å². The zero-order valence-electron chi connectivity index (χ0n) is 12.8. The van der Waals surface area contributed by atoms with Crippen molar-refractivity contribution in [3.63, 3.8) is 0 Å². The molecule has 0 aromatic rings. The average Bonchev–Trinajstić information content (AvgIpc) is 2.50. The van der Waals surface area contributed by atoms with Crippen molar-refractivity contribution in [2.45, 2.75) is 63.5 Å². The van der Waals surface area contributed by atoms with Gasteiger partial charge in [0.25, 0.3) is 0 Å². The van der Waals surface area contributed by atoms with Gasteiger partial charge in [-0.15, -0.1) is 0 Å². The molecule has 6 heteroatoms. The average molecular weight is 298 g/mol. The van der Waals surface area contributed by atoms with E-state index in [0.29, 0.717) is 32.6 Å². The van der Waals surface area contributed by atoms with E-state index in [-0.39, 0.29) is 12.1 Å². The molecule has 1 aliphatic carbocycles. The van der Waals surface area contributed by atoms with E-state index in [1.807, 2.05) is 6.92 Å². The van der Waals surface area contributed by atoms with Gasteiger partial charge in [-0.05, 0) is 19.8 Å². The van der Waals surface area contributed by atoms with Crippen molar-refractivity contribution in [3.05, 3.63) is 0 Å². The van der Waals surface area contributed by atoms with Crippen LogP contribution in [-0.2, 0) is 9.53 Å². The molecule has 1 saturated heterocycles. The first-order valence-corrected chi connectivity index (χ1v) is 7.99. The topological polar surface area (TPSA) is 78.9 Å². The lowest BCUT2D eigenvalue weighted by Gasteiger charge is -2.39. The molecule has 1 saturated carbocycles. The predicted molar refractivity (Wildman–Crippen MR) is 78.2 cm³/mol. The SMILES string of the molecule is CCN(C(=O)NC1(C(=O)O)CCOCC1)C1CCCCC1. The van der Waals surface area contributed by atoms with E-state index in [4.69, 9.17) is 4.74 Å². The van der Waals surface area contributed by atoms with Gasteiger partial charge in [0.15, 0.2) is 0 Å². The Labute approximate surface area is 125 Å². The highest BCUT2D eigenvalue weighted by Crippen LogP contribution is 2.25. The van der Waals surface area contributed by atoms with Gasteiger partial charge in [0, 0.05) is 38.6 Å². The number of rotatable bonds is 4. The predicted octanol–water partition coefficient (Wildman–Crippen LogP) is 1.98. The second kappa shape index (κ2) is 7.11. The van der Waals surface area contributed by atoms with Gasteiger partial charge in [0.2, 0.25) is 0 Å². The van der Waals surface area contributed by atoms with Gasteiger partial charge < -0.3 is 20.1 Å². The molecular weight excluding hydrogens is 272 g/mol. The van der Waals surface area contributed by atoms with Crippen LogP contribution in [0.25, 0.3) is 0 Å². The number of hydrogen-bond donors (Lipinski definition) is 2. The molecule has 6 nitrogen and oxygen atoms in total. The summed E-state index contributed by atoms with van der Waals surface area (Å²) >= 11 is 0. The lowest BCUT2D eigenvalue weighted by Crippen LogP contribution is -2.61. The summed E-state index contributed by atoms with van der Waals surface area (Å²) in [6.07, 6.45) is 6.21. The normalized spacial score (nSPS) is 22.5. The zero-order chi connectivity index (χ0) is 15.3. The molecule has 2 N–H and O–H groups in total. The fraction of sp³-hybridized carbons (Fsp3) is 0.867. The highest BCUT2D eigenvalue weighted by atomic mass is 16.5. The first kappa shape index (κ1) is 16.1. The number of urea groups is 1. The van der Waals surface area contributed by atoms with Crippen LogP contribution in [0.15, 0.2) is 0 Å². The number of ether oxygens (including phenoxy) is 1. The molecule has 2 aliphatic rings. The minimum Gasteiger partial charge on any atom is -0.480 e. The maximum absolute atomic E-state index is 12.6. The van der Waals surface area contributed by atoms with Gasteiger partial charge in [-0.3, -0.25) is 0 Å². The van der Waals surface area contributed by atoms with Gasteiger partial charge in [0.1, 0.15) is 5.54 Å². The summed E-state index contributed by atoms with van der Waals surface area (Å²) in [6.45, 7) is 3.32. The standard InChI is InChI=1S/C15H26N2O4/c1-2-17(12-6-4-3-5-7-12)14(20)16-15(13(18)19)8-10-21-11-9-15/h12H,2-11H2,1H3,(H,16,20)(H,18,19). The van der Waals surface area contributed by atoms with E-state index in [1.54, 1.807) is 4.90 Å². The molecule has 0 bridgehead atoms. The number of aliphatic carboxylic acids is 1. The van der Waals surface area contributed by atoms with E-state index >= 15 is 0 Å². The quantitative estimate of drug-likeness (QED) is 0.832. The Balaban J connectivity index is 2.04. The Morgan fingerprint density at radius 2 is 1.86 bits per heavy atom. The minimum absolute atomic E-state index is 0.242. The van der Waals surface area contributed by atoms with Crippen LogP contribution >= 0.6 is 0 Å². The molecule has 2 fully saturated rings. The lowest BCUT2D eigenvalue weighted by molar-refractivity contribution is -0.148. The number of carboxylic acid groups (broad SMARTS) is 1. The second-order valence-electron chi connectivity index (χ2n) is 6.01. The first-order valence-electron chi connectivity index (χ1n) is 7.99. The van der Waals surface area contributed by atoms with Crippen LogP contribution in [0.5, 0.6) is 0 Å². The van der Waals surface area contributed by atoms with E-state index in [0.717, 1.165) is 25.7 Å². The number of carbonyl (C=O) groups excluding carboxylic acids is 1. The van der Waals surface area contributed by atoms with Gasteiger partial charge in [0.05, 0.1) is 0 Å². The molecular formula is C15H26N2O4. The third-order valence-corrected chi connectivity index (χ3v) is 4.72. The van der Waals surface area contributed by atoms with Gasteiger partial charge in [-0.2, -0.15) is 0 Å². The largest absolute Gasteiger partial charge is 0.480 e. The van der Waals surface area contributed by atoms with E-state index in [2.05, 4.69) is 5.32 Å². The Kier molecular flexibility index (Phi) is 5.45. The van der Waals surface area contributed by atoms with E-state index in [9.17, 15) is 14.7 Å². The van der Waals surface area contributed by atoms with Crippen molar-refractivity contribution in [3.8, 4) is 0 Å². The summed E-state index contributed by atoms with van der Waals surface area (Å²) < 4.78 is 5.23. The van der Waals surface area contributed by atoms with E-state index < -0.39 is 11.5 Å². The smallest absolute Gasteiger partial charge is 0.329 e. The van der Waals surface area contributed by atoms with Crippen LogP contribution in [0, 0.1) is 0 Å². The van der Waals surface area contributed by atoms with Crippen LogP contribution in [0.3, 0.4) is 0 Å². The summed E-state index contributed by atoms with van der Waals surface area (Å²) in [5.41, 5.74) is -1.17. The van der Waals surface area contributed by atoms with Crippen LogP contribution < -0.4 is 5.32 Å². The highest BCUT2D eigenvalue weighted by molar-refractivity contribution is 5.86. The van der Waals surface area contributed by atoms with Crippen LogP contribution in [-0.4, -0.2) is 53.3 Å². The molecule has 21 heavy (non-hydrogen) atoms. The Morgan fingerprint density at radius 3 is 2.38 bits per heavy atom. The summed E-state index contributed by atoms with van der Waals surface area (Å²) in [6, 6.07) is 0.00290. The fourth-order valence-electron chi connectivity index (χ4n) is 3.35. The van der Waals surface area contributed by atoms with Crippen LogP contribution in [0.1, 0.15) is 51.9 Å². The van der Waals surface area contributed by atoms with Crippen LogP contribution in [0.4, 0.5) is 4.79 Å². The van der Waals surface area contributed by atoms with Crippen molar-refractivity contribution in [2.75, 3.05) is 19.8 Å². The molecule has 2 amide bonds. The van der Waals surface area contributed by atoms with Gasteiger partial charge >= 0.3 is 12.0 Å². The highest BCUT2D eigenvalue weighted by Gasteiger charge is 2.43. The summed E-state index contributed by atoms with van der Waals surface area (Å²) in [4.78, 5) is 26.0. The molecule has 2 rings (SSSR count). The molecule has 0 spiro atoms. The molecule has 0 aromatic carbocycles. The van der Waals surface area contributed by atoms with Crippen molar-refractivity contribution in [2.24, 2.45) is 0 Å². The molecule has 1 heterocycles. The summed E-state index contributed by atoms with van der Waals surface area (Å²) in [7, 11) is 0.